The molecule has 15 unspecified atom stereocenters. The maximum absolute atomic E-state index is 13.5. The van der Waals surface area contributed by atoms with E-state index in [1.807, 2.05) is 46.7 Å². The molecular formula is C34H58N2O11S. The van der Waals surface area contributed by atoms with Crippen molar-refractivity contribution in [2.45, 2.75) is 140 Å². The zero-order chi connectivity index (χ0) is 36.1. The highest BCUT2D eigenvalue weighted by atomic mass is 32.2. The van der Waals surface area contributed by atoms with Gasteiger partial charge in [0, 0.05) is 29.5 Å². The van der Waals surface area contributed by atoms with Gasteiger partial charge in [0.15, 0.2) is 12.1 Å². The van der Waals surface area contributed by atoms with Gasteiger partial charge >= 0.3 is 11.9 Å². The van der Waals surface area contributed by atoms with Gasteiger partial charge in [0.1, 0.15) is 23.9 Å². The predicted molar refractivity (Wildman–Crippen MR) is 180 cm³/mol. The fraction of sp³-hybridized carbons (Fsp3) is 0.853. The van der Waals surface area contributed by atoms with Crippen molar-refractivity contribution in [2.24, 2.45) is 29.4 Å². The summed E-state index contributed by atoms with van der Waals surface area (Å²) >= 11 is 0.967. The first-order chi connectivity index (χ1) is 22.4. The van der Waals surface area contributed by atoms with Crippen LogP contribution < -0.4 is 5.73 Å². The summed E-state index contributed by atoms with van der Waals surface area (Å²) in [7, 11) is 3.71. The molecule has 0 bridgehead atoms. The summed E-state index contributed by atoms with van der Waals surface area (Å²) in [5, 5.41) is 43.2. The quantitative estimate of drug-likeness (QED) is 0.126. The molecule has 3 heterocycles. The van der Waals surface area contributed by atoms with Gasteiger partial charge in [0.25, 0.3) is 0 Å². The number of nitrogens with two attached hydrogens (primary N) is 1. The fourth-order valence-electron chi connectivity index (χ4n) is 6.99. The van der Waals surface area contributed by atoms with Crippen LogP contribution in [0, 0.1) is 23.7 Å². The molecule has 0 saturated carbocycles. The summed E-state index contributed by atoms with van der Waals surface area (Å²) in [5.41, 5.74) is 3.89. The second kappa shape index (κ2) is 17.5. The van der Waals surface area contributed by atoms with Gasteiger partial charge in [-0.25, -0.2) is 0 Å². The van der Waals surface area contributed by atoms with Gasteiger partial charge in [0.05, 0.1) is 36.3 Å². The molecule has 14 heteroatoms. The number of hydrogen-bond acceptors (Lipinski definition) is 13. The Morgan fingerprint density at radius 1 is 1.17 bits per heavy atom. The third-order valence-electron chi connectivity index (χ3n) is 10.2. The number of aliphatic hydroxyl groups is 3. The zero-order valence-corrected chi connectivity index (χ0v) is 30.4. The Morgan fingerprint density at radius 2 is 1.83 bits per heavy atom. The minimum absolute atomic E-state index is 0.0400. The highest BCUT2D eigenvalue weighted by Gasteiger charge is 2.55. The van der Waals surface area contributed by atoms with E-state index in [2.05, 4.69) is 0 Å². The van der Waals surface area contributed by atoms with Gasteiger partial charge < -0.3 is 50.0 Å². The Kier molecular flexibility index (Phi) is 14.9. The number of likely N-dealkylation sites (N-methyl/N-ethyl adjacent to an activating group) is 1. The number of carboxylic acids is 1. The number of thioether (sulfide) groups is 1. The first kappa shape index (κ1) is 40.8. The number of carboxylic acid groups (broad SMARTS) is 1. The lowest BCUT2D eigenvalue weighted by Crippen LogP contribution is -2.56. The second-order valence-corrected chi connectivity index (χ2v) is 15.6. The van der Waals surface area contributed by atoms with Crippen molar-refractivity contribution >= 4 is 29.5 Å². The Labute approximate surface area is 288 Å². The molecule has 0 aromatic rings. The number of hydrogen-bond donors (Lipinski definition) is 5. The normalized spacial score (nSPS) is 41.4. The topological polar surface area (TPSA) is 202 Å². The van der Waals surface area contributed by atoms with Crippen molar-refractivity contribution in [3.63, 3.8) is 0 Å². The van der Waals surface area contributed by atoms with Gasteiger partial charge in [0.2, 0.25) is 0 Å². The smallest absolute Gasteiger partial charge is 0.321 e. The number of allylic oxidation sites excluding steroid dienone is 1. The van der Waals surface area contributed by atoms with Gasteiger partial charge in [-0.2, -0.15) is 0 Å². The summed E-state index contributed by atoms with van der Waals surface area (Å²) in [5.74, 6) is -4.05. The molecule has 0 aromatic heterocycles. The van der Waals surface area contributed by atoms with Crippen LogP contribution in [0.4, 0.5) is 0 Å². The largest absolute Gasteiger partial charge is 0.480 e. The molecule has 276 valence electrons. The van der Waals surface area contributed by atoms with Crippen molar-refractivity contribution in [3.8, 4) is 0 Å². The molecule has 2 fully saturated rings. The van der Waals surface area contributed by atoms with E-state index in [-0.39, 0.29) is 55.0 Å². The standard InChI is InChI=1S/C34H58N2O11S/c1-9-26-20(5)31-34(6,47-31)11-10-24(37)17(2)12-21(14-28(40)48-16-22(35)32(42)43)30(19(4)25(38)15-27(39)45-26)46-33-29(41)23(36(7)8)13-18(3)44-33/h10-11,17-23,25-26,28-31,33,38,40-41H,9,12-16,35H2,1-8H3,(H,42,43). The van der Waals surface area contributed by atoms with E-state index in [0.29, 0.717) is 12.8 Å². The molecule has 3 aliphatic rings. The van der Waals surface area contributed by atoms with Crippen LogP contribution in [0.1, 0.15) is 73.6 Å². The Bertz CT molecular complexity index is 1130. The number of fused-ring (bicyclic) bond motifs is 1. The number of esters is 1. The van der Waals surface area contributed by atoms with E-state index >= 15 is 0 Å². The van der Waals surface area contributed by atoms with E-state index in [0.717, 1.165) is 11.8 Å². The lowest BCUT2D eigenvalue weighted by atomic mass is 9.79. The monoisotopic (exact) mass is 702 g/mol. The second-order valence-electron chi connectivity index (χ2n) is 14.4. The van der Waals surface area contributed by atoms with E-state index in [4.69, 9.17) is 24.7 Å². The average molecular weight is 703 g/mol. The zero-order valence-electron chi connectivity index (χ0n) is 29.6. The van der Waals surface area contributed by atoms with Crippen LogP contribution in [-0.2, 0) is 33.3 Å². The SMILES string of the molecule is CCC1OC(=O)CC(O)C(C)C(OC2OC(C)CC(N(C)C)C2O)C(CC(O)SCC(N)C(=O)O)CC(C)C(=O)C=CC2(C)OC2C1C. The maximum atomic E-state index is 13.5. The molecule has 48 heavy (non-hydrogen) atoms. The lowest BCUT2D eigenvalue weighted by Gasteiger charge is -2.44. The molecule has 15 atom stereocenters. The van der Waals surface area contributed by atoms with Crippen LogP contribution in [0.15, 0.2) is 12.2 Å². The molecule has 0 radical (unpaired) electrons. The minimum atomic E-state index is -1.24. The fourth-order valence-corrected chi connectivity index (χ4v) is 7.94. The summed E-state index contributed by atoms with van der Waals surface area (Å²) in [6.45, 7) is 11.1. The number of aliphatic hydroxyl groups excluding tert-OH is 3. The third-order valence-corrected chi connectivity index (χ3v) is 11.3. The van der Waals surface area contributed by atoms with E-state index < -0.39 is 77.5 Å². The third kappa shape index (κ3) is 10.7. The predicted octanol–water partition coefficient (Wildman–Crippen LogP) is 1.94. The van der Waals surface area contributed by atoms with Crippen LogP contribution in [0.3, 0.4) is 0 Å². The average Bonchev–Trinajstić information content (AvgIpc) is 3.70. The highest BCUT2D eigenvalue weighted by Crippen LogP contribution is 2.45. The molecule has 3 rings (SSSR count). The first-order valence-electron chi connectivity index (χ1n) is 17.1. The summed E-state index contributed by atoms with van der Waals surface area (Å²) in [4.78, 5) is 39.9. The Morgan fingerprint density at radius 3 is 2.44 bits per heavy atom. The number of cyclic esters (lactones) is 1. The molecule has 6 N–H and O–H groups in total. The summed E-state index contributed by atoms with van der Waals surface area (Å²) in [6, 6.07) is -1.48. The summed E-state index contributed by atoms with van der Waals surface area (Å²) < 4.78 is 24.5. The maximum Gasteiger partial charge on any atom is 0.321 e. The van der Waals surface area contributed by atoms with Gasteiger partial charge in [-0.3, -0.25) is 14.4 Å². The number of carbonyl (C=O) groups excluding carboxylic acids is 2. The van der Waals surface area contributed by atoms with Crippen LogP contribution in [0.2, 0.25) is 0 Å². The molecule has 3 aliphatic heterocycles. The van der Waals surface area contributed by atoms with Gasteiger partial charge in [-0.05, 0) is 71.7 Å². The van der Waals surface area contributed by atoms with Gasteiger partial charge in [-0.1, -0.05) is 27.7 Å². The minimum Gasteiger partial charge on any atom is -0.480 e. The molecule has 13 nitrogen and oxygen atoms in total. The number of ether oxygens (including phenoxy) is 4. The van der Waals surface area contributed by atoms with Crippen LogP contribution in [0.5, 0.6) is 0 Å². The van der Waals surface area contributed by atoms with Crippen molar-refractivity contribution < 1.29 is 53.8 Å². The molecule has 0 aliphatic carbocycles. The van der Waals surface area contributed by atoms with Crippen molar-refractivity contribution in [2.75, 3.05) is 19.8 Å². The van der Waals surface area contributed by atoms with Gasteiger partial charge in [-0.15, -0.1) is 11.8 Å². The molecular weight excluding hydrogens is 644 g/mol. The number of aliphatic carboxylic acids is 1. The summed E-state index contributed by atoms with van der Waals surface area (Å²) in [6.07, 6.45) is -1.04. The highest BCUT2D eigenvalue weighted by molar-refractivity contribution is 7.99. The number of nitrogens with zero attached hydrogens (tertiary/aromatic N) is 1. The Balaban J connectivity index is 2.02. The van der Waals surface area contributed by atoms with Crippen LogP contribution >= 0.6 is 11.8 Å². The molecule has 0 aromatic carbocycles. The van der Waals surface area contributed by atoms with Crippen LogP contribution in [-0.4, -0.2) is 129 Å². The number of epoxide rings is 1. The number of ketones is 1. The number of carbonyl (C=O) groups is 3. The van der Waals surface area contributed by atoms with E-state index in [9.17, 15) is 34.8 Å². The molecule has 0 amide bonds. The van der Waals surface area contributed by atoms with Crippen molar-refractivity contribution in [1.29, 1.82) is 0 Å². The van der Waals surface area contributed by atoms with Crippen molar-refractivity contribution in [1.82, 2.24) is 4.90 Å². The van der Waals surface area contributed by atoms with Crippen LogP contribution in [0.25, 0.3) is 0 Å². The number of rotatable bonds is 10. The molecule has 2 saturated heterocycles. The first-order valence-corrected chi connectivity index (χ1v) is 18.1. The lowest BCUT2D eigenvalue weighted by molar-refractivity contribution is -0.283. The van der Waals surface area contributed by atoms with E-state index in [1.165, 1.54) is 6.08 Å². The van der Waals surface area contributed by atoms with Crippen molar-refractivity contribution in [3.05, 3.63) is 12.2 Å². The Hall–Kier alpha value is -1.62. The molecule has 0 spiro atoms. The van der Waals surface area contributed by atoms with E-state index in [1.54, 1.807) is 19.9 Å².